The number of hydrogen-bond acceptors (Lipinski definition) is 4. The molecule has 0 amide bonds. The lowest BCUT2D eigenvalue weighted by atomic mass is 10.3. The summed E-state index contributed by atoms with van der Waals surface area (Å²) in [6.45, 7) is 2.12. The maximum Gasteiger partial charge on any atom is 0.524 e. The van der Waals surface area contributed by atoms with Gasteiger partial charge in [-0.05, 0) is 19.3 Å². The second-order valence-corrected chi connectivity index (χ2v) is 3.83. The Bertz CT molecular complexity index is 144. The quantitative estimate of drug-likeness (QED) is 0.311. The van der Waals surface area contributed by atoms with Gasteiger partial charge in [-0.25, -0.2) is 8.54 Å². The van der Waals surface area contributed by atoms with Gasteiger partial charge in [0.25, 0.3) is 0 Å². The highest BCUT2D eigenvalue weighted by molar-refractivity contribution is 7.80. The van der Waals surface area contributed by atoms with Gasteiger partial charge in [-0.15, -0.1) is 4.20 Å². The summed E-state index contributed by atoms with van der Waals surface area (Å²) in [6, 6.07) is 0. The predicted molar refractivity (Wildman–Crippen MR) is 44.3 cm³/mol. The Morgan fingerprint density at radius 2 is 2.18 bits per heavy atom. The fourth-order valence-electron chi connectivity index (χ4n) is 0.549. The van der Waals surface area contributed by atoms with Crippen molar-refractivity contribution in [3.63, 3.8) is 0 Å². The van der Waals surface area contributed by atoms with Crippen molar-refractivity contribution in [1.29, 1.82) is 0 Å². The minimum atomic E-state index is -4.35. The molecule has 0 aromatic carbocycles. The Labute approximate surface area is 71.5 Å². The molecule has 68 valence electrons. The molecule has 0 saturated carbocycles. The average Bonchev–Trinajstić information content (AvgIpc) is 1.99. The van der Waals surface area contributed by atoms with Crippen molar-refractivity contribution in [2.75, 3.05) is 6.61 Å². The lowest BCUT2D eigenvalue weighted by Crippen LogP contribution is -1.89. The molecule has 6 heteroatoms. The van der Waals surface area contributed by atoms with Gasteiger partial charge in [-0.1, -0.05) is 19.8 Å². The van der Waals surface area contributed by atoms with Gasteiger partial charge < -0.3 is 0 Å². The minimum absolute atomic E-state index is 0.113. The molecule has 0 spiro atoms. The van der Waals surface area contributed by atoms with Crippen molar-refractivity contribution in [1.82, 2.24) is 0 Å². The first kappa shape index (κ1) is 11.4. The first-order valence-electron chi connectivity index (χ1n) is 3.40. The van der Waals surface area contributed by atoms with Gasteiger partial charge >= 0.3 is 7.91 Å². The topological polar surface area (TPSA) is 35.5 Å². The third-order valence-corrected chi connectivity index (χ3v) is 2.36. The lowest BCUT2D eigenvalue weighted by Gasteiger charge is -2.04. The maximum atomic E-state index is 12.3. The Morgan fingerprint density at radius 1 is 1.55 bits per heavy atom. The molecule has 0 N–H and O–H groups in total. The van der Waals surface area contributed by atoms with Crippen LogP contribution in [-0.4, -0.2) is 6.61 Å². The first-order chi connectivity index (χ1) is 5.12. The molecule has 0 aliphatic carbocycles. The molecule has 0 aliphatic heterocycles. The van der Waals surface area contributed by atoms with Crippen molar-refractivity contribution in [2.45, 2.75) is 26.2 Å². The molecule has 1 atom stereocenters. The molecule has 0 saturated heterocycles. The zero-order valence-electron chi connectivity index (χ0n) is 6.33. The molecule has 0 aromatic heterocycles. The van der Waals surface area contributed by atoms with Crippen LogP contribution in [0, 0.1) is 0 Å². The summed E-state index contributed by atoms with van der Waals surface area (Å²) in [4.78, 5) is 0. The fourth-order valence-corrected chi connectivity index (χ4v) is 1.08. The van der Waals surface area contributed by atoms with Crippen LogP contribution in [0.25, 0.3) is 0 Å². The normalized spacial score (nSPS) is 16.3. The van der Waals surface area contributed by atoms with Crippen molar-refractivity contribution >= 4 is 20.8 Å². The fraction of sp³-hybridized carbons (Fsp3) is 1.00. The third kappa shape index (κ3) is 6.81. The number of unbranched alkanes of at least 4 members (excludes halogenated alkanes) is 2. The second-order valence-electron chi connectivity index (χ2n) is 2.05. The smallest absolute Gasteiger partial charge is 0.283 e. The van der Waals surface area contributed by atoms with Crippen LogP contribution in [0.2, 0.25) is 0 Å². The molecule has 0 rings (SSSR count). The Morgan fingerprint density at radius 3 is 2.64 bits per heavy atom. The molecule has 0 heterocycles. The highest BCUT2D eigenvalue weighted by atomic mass is 32.1. The molecular weight excluding hydrogens is 190 g/mol. The molecule has 1 unspecified atom stereocenters. The standard InChI is InChI=1S/C5H12FO3PS/c1-2-3-4-5-8-10(6,7)9-11/h11H,2-5H2,1H3. The van der Waals surface area contributed by atoms with Gasteiger partial charge in [0.15, 0.2) is 0 Å². The Kier molecular flexibility index (Phi) is 6.24. The number of thiol groups is 1. The van der Waals surface area contributed by atoms with Gasteiger partial charge in [0.1, 0.15) is 0 Å². The summed E-state index contributed by atoms with van der Waals surface area (Å²) in [7, 11) is -4.35. The van der Waals surface area contributed by atoms with Gasteiger partial charge in [-0.3, -0.25) is 4.52 Å². The van der Waals surface area contributed by atoms with E-state index in [1.54, 1.807) is 0 Å². The van der Waals surface area contributed by atoms with Crippen molar-refractivity contribution < 1.29 is 17.3 Å². The number of halogens is 1. The molecule has 0 bridgehead atoms. The van der Waals surface area contributed by atoms with E-state index >= 15 is 0 Å². The first-order valence-corrected chi connectivity index (χ1v) is 5.19. The Hall–Kier alpha value is 0.430. The summed E-state index contributed by atoms with van der Waals surface area (Å²) in [5.74, 6) is 0. The lowest BCUT2D eigenvalue weighted by molar-refractivity contribution is 0.237. The van der Waals surface area contributed by atoms with Crippen molar-refractivity contribution in [3.05, 3.63) is 0 Å². The molecule has 0 aromatic rings. The summed E-state index contributed by atoms with van der Waals surface area (Å²) in [5.41, 5.74) is 0. The molecule has 11 heavy (non-hydrogen) atoms. The minimum Gasteiger partial charge on any atom is -0.283 e. The summed E-state index contributed by atoms with van der Waals surface area (Å²) >= 11 is 3.06. The van der Waals surface area contributed by atoms with E-state index in [0.717, 1.165) is 12.8 Å². The maximum absolute atomic E-state index is 12.3. The van der Waals surface area contributed by atoms with Crippen LogP contribution in [0.15, 0.2) is 0 Å². The SMILES string of the molecule is CCCCCOP(=O)(F)OS. The van der Waals surface area contributed by atoms with Gasteiger partial charge in [0, 0.05) is 0 Å². The summed E-state index contributed by atoms with van der Waals surface area (Å²) in [6.07, 6.45) is 2.61. The summed E-state index contributed by atoms with van der Waals surface area (Å²) < 4.78 is 30.6. The Balaban J connectivity index is 3.31. The van der Waals surface area contributed by atoms with Crippen LogP contribution in [0.1, 0.15) is 26.2 Å². The van der Waals surface area contributed by atoms with Crippen LogP contribution in [0.4, 0.5) is 4.20 Å². The van der Waals surface area contributed by atoms with Crippen LogP contribution < -0.4 is 0 Å². The highest BCUT2D eigenvalue weighted by Crippen LogP contribution is 2.50. The molecule has 3 nitrogen and oxygen atoms in total. The third-order valence-electron chi connectivity index (χ3n) is 1.09. The zero-order chi connectivity index (χ0) is 8.74. The van der Waals surface area contributed by atoms with Crippen molar-refractivity contribution in [3.8, 4) is 0 Å². The highest BCUT2D eigenvalue weighted by Gasteiger charge is 2.21. The van der Waals surface area contributed by atoms with E-state index in [0.29, 0.717) is 6.42 Å². The van der Waals surface area contributed by atoms with Crippen LogP contribution in [0.5, 0.6) is 0 Å². The molecule has 0 aliphatic rings. The van der Waals surface area contributed by atoms with E-state index in [1.807, 2.05) is 6.92 Å². The largest absolute Gasteiger partial charge is 0.524 e. The van der Waals surface area contributed by atoms with Crippen molar-refractivity contribution in [2.24, 2.45) is 0 Å². The van der Waals surface area contributed by atoms with Crippen LogP contribution in [-0.2, 0) is 13.1 Å². The monoisotopic (exact) mass is 202 g/mol. The van der Waals surface area contributed by atoms with E-state index in [2.05, 4.69) is 21.4 Å². The molecule has 0 fully saturated rings. The number of rotatable bonds is 6. The molecule has 0 radical (unpaired) electrons. The van der Waals surface area contributed by atoms with E-state index in [-0.39, 0.29) is 6.61 Å². The number of hydrogen-bond donors (Lipinski definition) is 1. The van der Waals surface area contributed by atoms with Gasteiger partial charge in [-0.2, -0.15) is 0 Å². The second kappa shape index (κ2) is 6.00. The van der Waals surface area contributed by atoms with E-state index in [4.69, 9.17) is 0 Å². The molecular formula is C5H12FO3PS. The van der Waals surface area contributed by atoms with Gasteiger partial charge in [0.05, 0.1) is 6.61 Å². The van der Waals surface area contributed by atoms with Crippen LogP contribution >= 0.6 is 20.8 Å². The van der Waals surface area contributed by atoms with E-state index in [9.17, 15) is 8.76 Å². The van der Waals surface area contributed by atoms with Crippen LogP contribution in [0.3, 0.4) is 0 Å². The average molecular weight is 202 g/mol. The zero-order valence-corrected chi connectivity index (χ0v) is 8.11. The van der Waals surface area contributed by atoms with E-state index < -0.39 is 7.91 Å². The van der Waals surface area contributed by atoms with Gasteiger partial charge in [0.2, 0.25) is 0 Å². The van der Waals surface area contributed by atoms with E-state index in [1.165, 1.54) is 0 Å². The summed E-state index contributed by atoms with van der Waals surface area (Å²) in [5, 5.41) is 0. The predicted octanol–water partition coefficient (Wildman–Crippen LogP) is 3.13.